The molecule has 7 heteroatoms. The van der Waals surface area contributed by atoms with Crippen molar-refractivity contribution in [2.45, 2.75) is 0 Å². The number of carbonyl (C=O) groups is 2. The Labute approximate surface area is 116 Å². The maximum atomic E-state index is 13.0. The molecule has 1 amide bonds. The topological polar surface area (TPSA) is 62.7 Å². The van der Waals surface area contributed by atoms with Crippen LogP contribution < -0.4 is 0 Å². The molecule has 0 saturated carbocycles. The molecule has 1 aromatic heterocycles. The summed E-state index contributed by atoms with van der Waals surface area (Å²) in [5.41, 5.74) is 0.103. The van der Waals surface area contributed by atoms with Crippen LogP contribution in [-0.4, -0.2) is 66.5 Å². The number of esters is 1. The molecule has 108 valence electrons. The maximum absolute atomic E-state index is 13.0. The van der Waals surface area contributed by atoms with Crippen LogP contribution >= 0.6 is 0 Å². The molecule has 0 bridgehead atoms. The molecular weight excluding hydrogens is 265 g/mol. The summed E-state index contributed by atoms with van der Waals surface area (Å²) in [6.07, 6.45) is 0. The van der Waals surface area contributed by atoms with Gasteiger partial charge in [-0.15, -0.1) is 0 Å². The van der Waals surface area contributed by atoms with Crippen LogP contribution in [0.4, 0.5) is 4.39 Å². The van der Waals surface area contributed by atoms with Gasteiger partial charge >= 0.3 is 5.97 Å². The van der Waals surface area contributed by atoms with E-state index in [0.29, 0.717) is 26.2 Å². The minimum Gasteiger partial charge on any atom is -0.468 e. The van der Waals surface area contributed by atoms with E-state index in [1.165, 1.54) is 25.3 Å². The summed E-state index contributed by atoms with van der Waals surface area (Å²) in [7, 11) is 1.34. The van der Waals surface area contributed by atoms with Crippen LogP contribution in [0.3, 0.4) is 0 Å². The molecule has 0 atom stereocenters. The zero-order chi connectivity index (χ0) is 14.5. The molecule has 1 aromatic rings. The van der Waals surface area contributed by atoms with E-state index in [-0.39, 0.29) is 24.1 Å². The minimum atomic E-state index is -0.667. The van der Waals surface area contributed by atoms with Crippen LogP contribution in [0.15, 0.2) is 18.2 Å². The molecule has 0 unspecified atom stereocenters. The Balaban J connectivity index is 1.90. The fraction of sp³-hybridized carbons (Fsp3) is 0.462. The number of pyridine rings is 1. The van der Waals surface area contributed by atoms with Crippen molar-refractivity contribution in [2.75, 3.05) is 39.8 Å². The molecule has 0 aromatic carbocycles. The first-order chi connectivity index (χ1) is 9.60. The number of ether oxygens (including phenoxy) is 1. The van der Waals surface area contributed by atoms with Crippen molar-refractivity contribution in [1.82, 2.24) is 14.8 Å². The Morgan fingerprint density at radius 2 is 2.00 bits per heavy atom. The Bertz CT molecular complexity index is 501. The monoisotopic (exact) mass is 281 g/mol. The van der Waals surface area contributed by atoms with E-state index in [1.807, 2.05) is 4.90 Å². The highest BCUT2D eigenvalue weighted by atomic mass is 19.1. The zero-order valence-corrected chi connectivity index (χ0v) is 11.2. The number of hydrogen-bond donors (Lipinski definition) is 0. The van der Waals surface area contributed by atoms with E-state index >= 15 is 0 Å². The van der Waals surface area contributed by atoms with Crippen molar-refractivity contribution < 1.29 is 18.7 Å². The highest BCUT2D eigenvalue weighted by Crippen LogP contribution is 2.07. The molecule has 1 aliphatic heterocycles. The fourth-order valence-corrected chi connectivity index (χ4v) is 2.05. The zero-order valence-electron chi connectivity index (χ0n) is 11.2. The first kappa shape index (κ1) is 14.4. The van der Waals surface area contributed by atoms with E-state index in [2.05, 4.69) is 9.72 Å². The van der Waals surface area contributed by atoms with E-state index in [1.54, 1.807) is 4.90 Å². The van der Waals surface area contributed by atoms with Gasteiger partial charge in [0.1, 0.15) is 5.69 Å². The lowest BCUT2D eigenvalue weighted by molar-refractivity contribution is -0.142. The van der Waals surface area contributed by atoms with Gasteiger partial charge in [0.25, 0.3) is 5.91 Å². The Morgan fingerprint density at radius 3 is 2.60 bits per heavy atom. The summed E-state index contributed by atoms with van der Waals surface area (Å²) in [6.45, 7) is 2.34. The van der Waals surface area contributed by atoms with Gasteiger partial charge in [0, 0.05) is 26.2 Å². The average Bonchev–Trinajstić information content (AvgIpc) is 2.47. The first-order valence-corrected chi connectivity index (χ1v) is 6.31. The molecule has 2 heterocycles. The number of piperazine rings is 1. The summed E-state index contributed by atoms with van der Waals surface area (Å²) >= 11 is 0. The normalized spacial score (nSPS) is 16.0. The van der Waals surface area contributed by atoms with Crippen LogP contribution in [-0.2, 0) is 9.53 Å². The first-order valence-electron chi connectivity index (χ1n) is 6.31. The standard InChI is InChI=1S/C13H16FN3O3/c1-20-12(18)9-16-5-7-17(8-6-16)13(19)10-3-2-4-11(14)15-10/h2-4H,5-9H2,1H3. The third-order valence-corrected chi connectivity index (χ3v) is 3.17. The number of hydrogen-bond acceptors (Lipinski definition) is 5. The van der Waals surface area contributed by atoms with Gasteiger partial charge in [0.15, 0.2) is 0 Å². The van der Waals surface area contributed by atoms with E-state index in [9.17, 15) is 14.0 Å². The molecule has 0 radical (unpaired) electrons. The lowest BCUT2D eigenvalue weighted by Crippen LogP contribution is -2.50. The SMILES string of the molecule is COC(=O)CN1CCN(C(=O)c2cccc(F)n2)CC1. The maximum Gasteiger partial charge on any atom is 0.319 e. The lowest BCUT2D eigenvalue weighted by Gasteiger charge is -2.33. The molecule has 1 aliphatic rings. The van der Waals surface area contributed by atoms with E-state index in [4.69, 9.17) is 0 Å². The predicted molar refractivity (Wildman–Crippen MR) is 68.6 cm³/mol. The van der Waals surface area contributed by atoms with Crippen LogP contribution in [0.2, 0.25) is 0 Å². The second kappa shape index (κ2) is 6.42. The molecule has 1 fully saturated rings. The number of aromatic nitrogens is 1. The summed E-state index contributed by atoms with van der Waals surface area (Å²) in [5, 5.41) is 0. The van der Waals surface area contributed by atoms with Gasteiger partial charge < -0.3 is 9.64 Å². The number of nitrogens with zero attached hydrogens (tertiary/aromatic N) is 3. The highest BCUT2D eigenvalue weighted by Gasteiger charge is 2.24. The van der Waals surface area contributed by atoms with Gasteiger partial charge in [-0.1, -0.05) is 6.07 Å². The Morgan fingerprint density at radius 1 is 1.30 bits per heavy atom. The average molecular weight is 281 g/mol. The molecule has 0 aliphatic carbocycles. The lowest BCUT2D eigenvalue weighted by atomic mass is 10.2. The Kier molecular flexibility index (Phi) is 4.62. The number of methoxy groups -OCH3 is 1. The van der Waals surface area contributed by atoms with Crippen LogP contribution in [0.5, 0.6) is 0 Å². The van der Waals surface area contributed by atoms with Crippen molar-refractivity contribution in [3.63, 3.8) is 0 Å². The number of rotatable bonds is 3. The number of halogens is 1. The van der Waals surface area contributed by atoms with Crippen LogP contribution in [0, 0.1) is 5.95 Å². The minimum absolute atomic E-state index is 0.103. The molecule has 0 N–H and O–H groups in total. The largest absolute Gasteiger partial charge is 0.468 e. The van der Waals surface area contributed by atoms with Gasteiger partial charge in [-0.25, -0.2) is 4.98 Å². The smallest absolute Gasteiger partial charge is 0.319 e. The molecule has 2 rings (SSSR count). The van der Waals surface area contributed by atoms with Crippen molar-refractivity contribution >= 4 is 11.9 Å². The molecule has 6 nitrogen and oxygen atoms in total. The summed E-state index contributed by atoms with van der Waals surface area (Å²) in [5.74, 6) is -1.25. The van der Waals surface area contributed by atoms with Gasteiger partial charge in [0.2, 0.25) is 5.95 Å². The second-order valence-corrected chi connectivity index (χ2v) is 4.49. The summed E-state index contributed by atoms with van der Waals surface area (Å²) in [6, 6.07) is 4.15. The molecule has 1 saturated heterocycles. The van der Waals surface area contributed by atoms with E-state index in [0.717, 1.165) is 0 Å². The highest BCUT2D eigenvalue weighted by molar-refractivity contribution is 5.92. The third-order valence-electron chi connectivity index (χ3n) is 3.17. The Hall–Kier alpha value is -2.02. The van der Waals surface area contributed by atoms with Crippen molar-refractivity contribution in [3.05, 3.63) is 29.8 Å². The van der Waals surface area contributed by atoms with Crippen LogP contribution in [0.1, 0.15) is 10.5 Å². The fourth-order valence-electron chi connectivity index (χ4n) is 2.05. The quantitative estimate of drug-likeness (QED) is 0.583. The third kappa shape index (κ3) is 3.51. The van der Waals surface area contributed by atoms with Gasteiger partial charge in [-0.3, -0.25) is 14.5 Å². The summed E-state index contributed by atoms with van der Waals surface area (Å²) < 4.78 is 17.6. The number of amides is 1. The van der Waals surface area contributed by atoms with Crippen molar-refractivity contribution in [1.29, 1.82) is 0 Å². The van der Waals surface area contributed by atoms with Gasteiger partial charge in [-0.05, 0) is 12.1 Å². The van der Waals surface area contributed by atoms with Gasteiger partial charge in [-0.2, -0.15) is 4.39 Å². The molecular formula is C13H16FN3O3. The molecule has 0 spiro atoms. The molecule has 20 heavy (non-hydrogen) atoms. The van der Waals surface area contributed by atoms with Crippen molar-refractivity contribution in [3.8, 4) is 0 Å². The van der Waals surface area contributed by atoms with E-state index < -0.39 is 5.95 Å². The second-order valence-electron chi connectivity index (χ2n) is 4.49. The summed E-state index contributed by atoms with van der Waals surface area (Å²) in [4.78, 5) is 30.4. The predicted octanol–water partition coefficient (Wildman–Crippen LogP) is 0.151. The van der Waals surface area contributed by atoms with Crippen molar-refractivity contribution in [2.24, 2.45) is 0 Å². The van der Waals surface area contributed by atoms with Gasteiger partial charge in [0.05, 0.1) is 13.7 Å². The van der Waals surface area contributed by atoms with Crippen LogP contribution in [0.25, 0.3) is 0 Å². The number of carbonyl (C=O) groups excluding carboxylic acids is 2.